The van der Waals surface area contributed by atoms with Crippen molar-refractivity contribution in [3.8, 4) is 11.5 Å². The summed E-state index contributed by atoms with van der Waals surface area (Å²) in [6.45, 7) is 0.682. The first-order valence-corrected chi connectivity index (χ1v) is 6.48. The second-order valence-electron chi connectivity index (χ2n) is 4.37. The SMILES string of the molecule is COc1ccc(OCc2ccccc2)c(F)c1CCN. The lowest BCUT2D eigenvalue weighted by molar-refractivity contribution is 0.287. The summed E-state index contributed by atoms with van der Waals surface area (Å²) in [5.74, 6) is 0.323. The van der Waals surface area contributed by atoms with Crippen molar-refractivity contribution in [2.75, 3.05) is 13.7 Å². The standard InChI is InChI=1S/C16H18FNO2/c1-19-14-7-8-15(16(17)13(14)9-10-18)20-11-12-5-3-2-4-6-12/h2-8H,9-11,18H2,1H3. The average molecular weight is 275 g/mol. The van der Waals surface area contributed by atoms with Gasteiger partial charge in [-0.2, -0.15) is 0 Å². The van der Waals surface area contributed by atoms with Crippen LogP contribution >= 0.6 is 0 Å². The van der Waals surface area contributed by atoms with Crippen LogP contribution in [0.1, 0.15) is 11.1 Å². The summed E-state index contributed by atoms with van der Waals surface area (Å²) in [6.07, 6.45) is 0.414. The van der Waals surface area contributed by atoms with Gasteiger partial charge in [0.15, 0.2) is 11.6 Å². The molecule has 0 saturated carbocycles. The van der Waals surface area contributed by atoms with E-state index in [1.54, 1.807) is 12.1 Å². The zero-order chi connectivity index (χ0) is 14.4. The number of rotatable bonds is 6. The maximum absolute atomic E-state index is 14.3. The molecule has 0 aliphatic rings. The first-order chi connectivity index (χ1) is 9.76. The van der Waals surface area contributed by atoms with Gasteiger partial charge in [-0.25, -0.2) is 4.39 Å². The lowest BCUT2D eigenvalue weighted by Crippen LogP contribution is -2.08. The largest absolute Gasteiger partial charge is 0.496 e. The van der Waals surface area contributed by atoms with Crippen LogP contribution in [0.25, 0.3) is 0 Å². The molecule has 0 spiro atoms. The fourth-order valence-electron chi connectivity index (χ4n) is 2.00. The van der Waals surface area contributed by atoms with Crippen LogP contribution in [-0.2, 0) is 13.0 Å². The molecule has 0 bridgehead atoms. The number of nitrogens with two attached hydrogens (primary N) is 1. The number of hydrogen-bond donors (Lipinski definition) is 1. The highest BCUT2D eigenvalue weighted by Gasteiger charge is 2.14. The van der Waals surface area contributed by atoms with Crippen molar-refractivity contribution in [2.24, 2.45) is 5.73 Å². The quantitative estimate of drug-likeness (QED) is 0.881. The van der Waals surface area contributed by atoms with E-state index < -0.39 is 5.82 Å². The predicted octanol–water partition coefficient (Wildman–Crippen LogP) is 2.91. The predicted molar refractivity (Wildman–Crippen MR) is 76.5 cm³/mol. The Morgan fingerprint density at radius 3 is 2.40 bits per heavy atom. The van der Waals surface area contributed by atoms with E-state index in [1.165, 1.54) is 7.11 Å². The normalized spacial score (nSPS) is 10.3. The van der Waals surface area contributed by atoms with Gasteiger partial charge in [0.1, 0.15) is 12.4 Å². The zero-order valence-corrected chi connectivity index (χ0v) is 11.4. The maximum atomic E-state index is 14.3. The van der Waals surface area contributed by atoms with Crippen molar-refractivity contribution < 1.29 is 13.9 Å². The average Bonchev–Trinajstić information content (AvgIpc) is 2.49. The van der Waals surface area contributed by atoms with E-state index in [-0.39, 0.29) is 5.75 Å². The highest BCUT2D eigenvalue weighted by molar-refractivity contribution is 5.42. The molecule has 0 radical (unpaired) electrons. The van der Waals surface area contributed by atoms with Gasteiger partial charge >= 0.3 is 0 Å². The van der Waals surface area contributed by atoms with Gasteiger partial charge in [0.05, 0.1) is 7.11 Å². The monoisotopic (exact) mass is 275 g/mol. The smallest absolute Gasteiger partial charge is 0.172 e. The third-order valence-corrected chi connectivity index (χ3v) is 3.02. The van der Waals surface area contributed by atoms with Crippen LogP contribution in [0.2, 0.25) is 0 Å². The molecule has 0 amide bonds. The van der Waals surface area contributed by atoms with Crippen LogP contribution in [0.15, 0.2) is 42.5 Å². The number of methoxy groups -OCH3 is 1. The van der Waals surface area contributed by atoms with Gasteiger partial charge in [-0.05, 0) is 30.7 Å². The molecule has 0 aliphatic heterocycles. The maximum Gasteiger partial charge on any atom is 0.172 e. The minimum Gasteiger partial charge on any atom is -0.496 e. The fourth-order valence-corrected chi connectivity index (χ4v) is 2.00. The Labute approximate surface area is 118 Å². The summed E-state index contributed by atoms with van der Waals surface area (Å²) in [5.41, 5.74) is 6.95. The van der Waals surface area contributed by atoms with Crippen LogP contribution in [0, 0.1) is 5.82 Å². The molecule has 0 heterocycles. The van der Waals surface area contributed by atoms with E-state index in [1.807, 2.05) is 30.3 Å². The molecule has 106 valence electrons. The molecular weight excluding hydrogens is 257 g/mol. The van der Waals surface area contributed by atoms with Gasteiger partial charge in [0.2, 0.25) is 0 Å². The molecular formula is C16H18FNO2. The minimum atomic E-state index is -0.397. The molecule has 0 aromatic heterocycles. The van der Waals surface area contributed by atoms with Gasteiger partial charge in [-0.15, -0.1) is 0 Å². The molecule has 2 aromatic carbocycles. The molecule has 0 fully saturated rings. The molecule has 2 N–H and O–H groups in total. The Bertz CT molecular complexity index is 558. The molecule has 3 nitrogen and oxygen atoms in total. The molecule has 2 rings (SSSR count). The van der Waals surface area contributed by atoms with Crippen molar-refractivity contribution >= 4 is 0 Å². The third kappa shape index (κ3) is 3.27. The van der Waals surface area contributed by atoms with Crippen molar-refractivity contribution in [1.29, 1.82) is 0 Å². The van der Waals surface area contributed by atoms with Crippen molar-refractivity contribution in [1.82, 2.24) is 0 Å². The highest BCUT2D eigenvalue weighted by atomic mass is 19.1. The van der Waals surface area contributed by atoms with Crippen molar-refractivity contribution in [2.45, 2.75) is 13.0 Å². The summed E-state index contributed by atoms with van der Waals surface area (Å²) < 4.78 is 25.0. The van der Waals surface area contributed by atoms with Gasteiger partial charge in [0.25, 0.3) is 0 Å². The molecule has 0 aliphatic carbocycles. The second kappa shape index (κ2) is 6.91. The lowest BCUT2D eigenvalue weighted by Gasteiger charge is -2.13. The van der Waals surface area contributed by atoms with Crippen LogP contribution in [0.5, 0.6) is 11.5 Å². The number of halogens is 1. The van der Waals surface area contributed by atoms with Crippen LogP contribution in [-0.4, -0.2) is 13.7 Å². The Hall–Kier alpha value is -2.07. The van der Waals surface area contributed by atoms with E-state index >= 15 is 0 Å². The van der Waals surface area contributed by atoms with Gasteiger partial charge < -0.3 is 15.2 Å². The van der Waals surface area contributed by atoms with Crippen LogP contribution in [0.4, 0.5) is 4.39 Å². The molecule has 0 saturated heterocycles. The number of benzene rings is 2. The highest BCUT2D eigenvalue weighted by Crippen LogP contribution is 2.29. The van der Waals surface area contributed by atoms with Crippen molar-refractivity contribution in [3.05, 3.63) is 59.4 Å². The summed E-state index contributed by atoms with van der Waals surface area (Å²) >= 11 is 0. The van der Waals surface area contributed by atoms with Crippen LogP contribution < -0.4 is 15.2 Å². The molecule has 0 atom stereocenters. The van der Waals surface area contributed by atoms with E-state index in [0.29, 0.717) is 30.9 Å². The van der Waals surface area contributed by atoms with Crippen LogP contribution in [0.3, 0.4) is 0 Å². The molecule has 20 heavy (non-hydrogen) atoms. The molecule has 4 heteroatoms. The molecule has 2 aromatic rings. The van der Waals surface area contributed by atoms with E-state index in [2.05, 4.69) is 0 Å². The number of ether oxygens (including phenoxy) is 2. The summed E-state index contributed by atoms with van der Waals surface area (Å²) in [6, 6.07) is 12.9. The first kappa shape index (κ1) is 14.3. The Balaban J connectivity index is 2.18. The lowest BCUT2D eigenvalue weighted by atomic mass is 10.1. The van der Waals surface area contributed by atoms with Gasteiger partial charge in [0, 0.05) is 5.56 Å². The van der Waals surface area contributed by atoms with E-state index in [4.69, 9.17) is 15.2 Å². The Kier molecular flexibility index (Phi) is 4.96. The Morgan fingerprint density at radius 2 is 1.75 bits per heavy atom. The second-order valence-corrected chi connectivity index (χ2v) is 4.37. The van der Waals surface area contributed by atoms with Crippen molar-refractivity contribution in [3.63, 3.8) is 0 Å². The summed E-state index contributed by atoms with van der Waals surface area (Å²) in [7, 11) is 1.51. The zero-order valence-electron chi connectivity index (χ0n) is 11.4. The fraction of sp³-hybridized carbons (Fsp3) is 0.250. The summed E-state index contributed by atoms with van der Waals surface area (Å²) in [5, 5.41) is 0. The van der Waals surface area contributed by atoms with Gasteiger partial charge in [-0.3, -0.25) is 0 Å². The topological polar surface area (TPSA) is 44.5 Å². The minimum absolute atomic E-state index is 0.220. The third-order valence-electron chi connectivity index (χ3n) is 3.02. The Morgan fingerprint density at radius 1 is 1.05 bits per heavy atom. The number of hydrogen-bond acceptors (Lipinski definition) is 3. The summed E-state index contributed by atoms with van der Waals surface area (Å²) in [4.78, 5) is 0. The van der Waals surface area contributed by atoms with Gasteiger partial charge in [-0.1, -0.05) is 30.3 Å². The van der Waals surface area contributed by atoms with E-state index in [9.17, 15) is 4.39 Å². The molecule has 0 unspecified atom stereocenters. The van der Waals surface area contributed by atoms with E-state index in [0.717, 1.165) is 5.56 Å². The first-order valence-electron chi connectivity index (χ1n) is 6.48.